The van der Waals surface area contributed by atoms with Gasteiger partial charge in [0.05, 0.1) is 12.0 Å². The number of nitrogens with zero attached hydrogens (tertiary/aromatic N) is 1. The van der Waals surface area contributed by atoms with Crippen LogP contribution >= 0.6 is 0 Å². The quantitative estimate of drug-likeness (QED) is 0.726. The van der Waals surface area contributed by atoms with Gasteiger partial charge in [-0.05, 0) is 24.2 Å². The summed E-state index contributed by atoms with van der Waals surface area (Å²) in [5.74, 6) is -1.05. The van der Waals surface area contributed by atoms with Gasteiger partial charge in [-0.15, -0.1) is 0 Å². The fraction of sp³-hybridized carbons (Fsp3) is 0.692. The molecule has 0 aromatic carbocycles. The Bertz CT molecular complexity index is 349. The average Bonchev–Trinajstić information content (AvgIpc) is 2.75. The number of nitriles is 1. The number of allylic oxidation sites excluding steroid dienone is 2. The molecular formula is C13H19NO2. The van der Waals surface area contributed by atoms with E-state index in [0.717, 1.165) is 24.8 Å². The molecule has 0 aromatic heterocycles. The van der Waals surface area contributed by atoms with Crippen LogP contribution in [0.5, 0.6) is 0 Å². The highest BCUT2D eigenvalue weighted by Gasteiger charge is 2.60. The van der Waals surface area contributed by atoms with Gasteiger partial charge in [-0.1, -0.05) is 33.3 Å². The number of rotatable bonds is 5. The van der Waals surface area contributed by atoms with Gasteiger partial charge in [-0.2, -0.15) is 5.26 Å². The molecule has 2 atom stereocenters. The summed E-state index contributed by atoms with van der Waals surface area (Å²) in [7, 11) is 0. The molecule has 0 heterocycles. The van der Waals surface area contributed by atoms with E-state index in [9.17, 15) is 4.79 Å². The standard InChI is InChI=1S/C13H19NO2/c1-4-5-6-9(8-14)7-10-11(12(15)16)13(10,2)3/h7,10-11H,4-6H2,1-3H3,(H,15,16)/b9-7-. The Balaban J connectivity index is 2.70. The maximum Gasteiger partial charge on any atom is 0.307 e. The summed E-state index contributed by atoms with van der Waals surface area (Å²) >= 11 is 0. The van der Waals surface area contributed by atoms with Crippen molar-refractivity contribution in [3.63, 3.8) is 0 Å². The van der Waals surface area contributed by atoms with Gasteiger partial charge >= 0.3 is 5.97 Å². The van der Waals surface area contributed by atoms with Gasteiger partial charge in [-0.3, -0.25) is 4.79 Å². The number of hydrogen-bond acceptors (Lipinski definition) is 2. The third kappa shape index (κ3) is 2.44. The van der Waals surface area contributed by atoms with Crippen molar-refractivity contribution in [2.45, 2.75) is 40.0 Å². The molecule has 16 heavy (non-hydrogen) atoms. The summed E-state index contributed by atoms with van der Waals surface area (Å²) in [4.78, 5) is 11.0. The van der Waals surface area contributed by atoms with Crippen LogP contribution in [0.2, 0.25) is 0 Å². The highest BCUT2D eigenvalue weighted by atomic mass is 16.4. The molecule has 1 aliphatic rings. The smallest absolute Gasteiger partial charge is 0.307 e. The highest BCUT2D eigenvalue weighted by Crippen LogP contribution is 2.59. The van der Waals surface area contributed by atoms with Gasteiger partial charge in [-0.25, -0.2) is 0 Å². The van der Waals surface area contributed by atoms with Gasteiger partial charge in [0.2, 0.25) is 0 Å². The van der Waals surface area contributed by atoms with Crippen LogP contribution in [0.3, 0.4) is 0 Å². The number of hydrogen-bond donors (Lipinski definition) is 1. The van der Waals surface area contributed by atoms with Gasteiger partial charge < -0.3 is 5.11 Å². The van der Waals surface area contributed by atoms with Crippen molar-refractivity contribution in [3.05, 3.63) is 11.6 Å². The molecule has 1 aliphatic carbocycles. The second-order valence-corrected chi connectivity index (χ2v) is 5.07. The largest absolute Gasteiger partial charge is 0.481 e. The number of carboxylic acid groups (broad SMARTS) is 1. The zero-order valence-electron chi connectivity index (χ0n) is 10.2. The number of carboxylic acids is 1. The van der Waals surface area contributed by atoms with E-state index in [0.29, 0.717) is 0 Å². The van der Waals surface area contributed by atoms with E-state index < -0.39 is 5.97 Å². The van der Waals surface area contributed by atoms with Gasteiger partial charge in [0.15, 0.2) is 0 Å². The second kappa shape index (κ2) is 4.69. The molecule has 0 saturated heterocycles. The first-order valence-corrected chi connectivity index (χ1v) is 5.78. The van der Waals surface area contributed by atoms with Crippen LogP contribution in [0, 0.1) is 28.6 Å². The summed E-state index contributed by atoms with van der Waals surface area (Å²) in [6, 6.07) is 2.17. The van der Waals surface area contributed by atoms with Crippen molar-refractivity contribution in [2.75, 3.05) is 0 Å². The zero-order chi connectivity index (χ0) is 12.3. The van der Waals surface area contributed by atoms with Crippen molar-refractivity contribution < 1.29 is 9.90 Å². The molecule has 0 aliphatic heterocycles. The lowest BCUT2D eigenvalue weighted by Crippen LogP contribution is -2.03. The van der Waals surface area contributed by atoms with Crippen LogP contribution in [0.4, 0.5) is 0 Å². The molecule has 2 unspecified atom stereocenters. The van der Waals surface area contributed by atoms with E-state index in [-0.39, 0.29) is 17.3 Å². The molecule has 1 saturated carbocycles. The van der Waals surface area contributed by atoms with Gasteiger partial charge in [0, 0.05) is 5.57 Å². The Morgan fingerprint density at radius 1 is 1.56 bits per heavy atom. The Morgan fingerprint density at radius 2 is 2.19 bits per heavy atom. The first kappa shape index (κ1) is 12.8. The normalized spacial score (nSPS) is 27.2. The highest BCUT2D eigenvalue weighted by molar-refractivity contribution is 5.76. The van der Waals surface area contributed by atoms with E-state index in [1.54, 1.807) is 0 Å². The van der Waals surface area contributed by atoms with Gasteiger partial charge in [0.25, 0.3) is 0 Å². The van der Waals surface area contributed by atoms with Crippen LogP contribution in [-0.4, -0.2) is 11.1 Å². The summed E-state index contributed by atoms with van der Waals surface area (Å²) in [5, 5.41) is 18.0. The average molecular weight is 221 g/mol. The molecule has 0 aromatic rings. The topological polar surface area (TPSA) is 61.1 Å². The minimum Gasteiger partial charge on any atom is -0.481 e. The van der Waals surface area contributed by atoms with Crippen LogP contribution in [0.25, 0.3) is 0 Å². The van der Waals surface area contributed by atoms with Crippen molar-refractivity contribution in [1.82, 2.24) is 0 Å². The number of aliphatic carboxylic acids is 1. The molecule has 0 bridgehead atoms. The van der Waals surface area contributed by atoms with Crippen molar-refractivity contribution in [2.24, 2.45) is 17.3 Å². The SMILES string of the molecule is CCCC/C(C#N)=C/C1C(C(=O)O)C1(C)C. The first-order chi connectivity index (χ1) is 7.45. The Labute approximate surface area is 96.8 Å². The zero-order valence-corrected chi connectivity index (χ0v) is 10.2. The molecule has 3 heteroatoms. The minimum atomic E-state index is -0.751. The minimum absolute atomic E-state index is 0.0245. The predicted octanol–water partition coefficient (Wildman–Crippen LogP) is 2.98. The Hall–Kier alpha value is -1.30. The molecular weight excluding hydrogens is 202 g/mol. The molecule has 3 nitrogen and oxygen atoms in total. The monoisotopic (exact) mass is 221 g/mol. The van der Waals surface area contributed by atoms with E-state index in [1.807, 2.05) is 19.9 Å². The van der Waals surface area contributed by atoms with E-state index in [4.69, 9.17) is 10.4 Å². The second-order valence-electron chi connectivity index (χ2n) is 5.07. The maximum absolute atomic E-state index is 11.0. The van der Waals surface area contributed by atoms with Crippen LogP contribution in [0.1, 0.15) is 40.0 Å². The van der Waals surface area contributed by atoms with Crippen LogP contribution in [-0.2, 0) is 4.79 Å². The maximum atomic E-state index is 11.0. The summed E-state index contributed by atoms with van der Waals surface area (Å²) < 4.78 is 0. The summed E-state index contributed by atoms with van der Waals surface area (Å²) in [6.45, 7) is 5.97. The fourth-order valence-electron chi connectivity index (χ4n) is 2.22. The van der Waals surface area contributed by atoms with Crippen LogP contribution < -0.4 is 0 Å². The van der Waals surface area contributed by atoms with E-state index >= 15 is 0 Å². The summed E-state index contributed by atoms with van der Waals surface area (Å²) in [6.07, 6.45) is 4.68. The molecule has 0 amide bonds. The lowest BCUT2D eigenvalue weighted by Gasteiger charge is -1.99. The number of carbonyl (C=O) groups is 1. The summed E-state index contributed by atoms with van der Waals surface area (Å²) in [5.41, 5.74) is 0.545. The Kier molecular flexibility index (Phi) is 3.74. The van der Waals surface area contributed by atoms with E-state index in [2.05, 4.69) is 13.0 Å². The predicted molar refractivity (Wildman–Crippen MR) is 61.6 cm³/mol. The third-order valence-electron chi connectivity index (χ3n) is 3.50. The van der Waals surface area contributed by atoms with Gasteiger partial charge in [0.1, 0.15) is 0 Å². The number of unbranched alkanes of at least 4 members (excludes halogenated alkanes) is 1. The fourth-order valence-corrected chi connectivity index (χ4v) is 2.22. The molecule has 0 radical (unpaired) electrons. The lowest BCUT2D eigenvalue weighted by molar-refractivity contribution is -0.139. The van der Waals surface area contributed by atoms with Crippen molar-refractivity contribution in [1.29, 1.82) is 5.26 Å². The molecule has 0 spiro atoms. The molecule has 1 fully saturated rings. The van der Waals surface area contributed by atoms with Crippen molar-refractivity contribution in [3.8, 4) is 6.07 Å². The van der Waals surface area contributed by atoms with E-state index in [1.165, 1.54) is 0 Å². The third-order valence-corrected chi connectivity index (χ3v) is 3.50. The Morgan fingerprint density at radius 3 is 2.56 bits per heavy atom. The molecule has 1 N–H and O–H groups in total. The lowest BCUT2D eigenvalue weighted by atomic mass is 10.0. The molecule has 88 valence electrons. The molecule has 1 rings (SSSR count). The first-order valence-electron chi connectivity index (χ1n) is 5.78. The van der Waals surface area contributed by atoms with Crippen molar-refractivity contribution >= 4 is 5.97 Å². The van der Waals surface area contributed by atoms with Crippen LogP contribution in [0.15, 0.2) is 11.6 Å².